The number of nitrogens with one attached hydrogen (secondary N) is 1. The number of para-hydroxylation sites is 2. The fourth-order valence-electron chi connectivity index (χ4n) is 3.05. The quantitative estimate of drug-likeness (QED) is 0.500. The molecule has 2 aromatic heterocycles. The molecule has 0 radical (unpaired) electrons. The summed E-state index contributed by atoms with van der Waals surface area (Å²) in [4.78, 5) is 34.9. The molecule has 0 spiro atoms. The Morgan fingerprint density at radius 2 is 1.52 bits per heavy atom. The van der Waals surface area contributed by atoms with Crippen LogP contribution in [0.3, 0.4) is 0 Å². The number of halogens is 1. The van der Waals surface area contributed by atoms with Gasteiger partial charge in [-0.3, -0.25) is 14.5 Å². The van der Waals surface area contributed by atoms with E-state index in [2.05, 4.69) is 25.5 Å². The van der Waals surface area contributed by atoms with E-state index >= 15 is 0 Å². The number of carbonyl (C=O) groups excluding carboxylic acids is 2. The van der Waals surface area contributed by atoms with E-state index in [-0.39, 0.29) is 23.5 Å². The number of aromatic nitrogens is 4. The first-order valence-electron chi connectivity index (χ1n) is 8.57. The average molecular weight is 423 g/mol. The maximum absolute atomic E-state index is 12.5. The SMILES string of the molecule is O=C1c2ccccc2C(=O)N1Cc1nnc(Nc2nc3ccccc3nc2Cl)s1. The van der Waals surface area contributed by atoms with Crippen molar-refractivity contribution in [3.8, 4) is 0 Å². The number of hydrogen-bond acceptors (Lipinski definition) is 8. The third-order valence-corrected chi connectivity index (χ3v) is 5.48. The minimum Gasteiger partial charge on any atom is -0.312 e. The highest BCUT2D eigenvalue weighted by atomic mass is 35.5. The molecule has 2 aromatic carbocycles. The largest absolute Gasteiger partial charge is 0.312 e. The molecule has 0 aliphatic carbocycles. The molecule has 0 fully saturated rings. The van der Waals surface area contributed by atoms with Crippen molar-refractivity contribution >= 4 is 56.7 Å². The van der Waals surface area contributed by atoms with Gasteiger partial charge in [-0.1, -0.05) is 47.2 Å². The van der Waals surface area contributed by atoms with Gasteiger partial charge in [0.1, 0.15) is 5.01 Å². The molecule has 0 saturated carbocycles. The Hall–Kier alpha value is -3.43. The molecule has 5 rings (SSSR count). The van der Waals surface area contributed by atoms with Crippen LogP contribution in [0.2, 0.25) is 5.15 Å². The van der Waals surface area contributed by atoms with Crippen molar-refractivity contribution < 1.29 is 9.59 Å². The Balaban J connectivity index is 1.36. The van der Waals surface area contributed by atoms with Gasteiger partial charge in [0.25, 0.3) is 11.8 Å². The van der Waals surface area contributed by atoms with Crippen molar-refractivity contribution in [3.63, 3.8) is 0 Å². The molecule has 1 aliphatic rings. The lowest BCUT2D eigenvalue weighted by Gasteiger charge is -2.10. The number of imide groups is 1. The van der Waals surface area contributed by atoms with Crippen LogP contribution in [0.5, 0.6) is 0 Å². The predicted molar refractivity (Wildman–Crippen MR) is 108 cm³/mol. The lowest BCUT2D eigenvalue weighted by Crippen LogP contribution is -2.29. The van der Waals surface area contributed by atoms with Crippen LogP contribution in [0.25, 0.3) is 11.0 Å². The van der Waals surface area contributed by atoms with Crippen LogP contribution >= 0.6 is 22.9 Å². The van der Waals surface area contributed by atoms with Crippen LogP contribution in [0.15, 0.2) is 48.5 Å². The molecule has 3 heterocycles. The predicted octanol–water partition coefficient (Wildman–Crippen LogP) is 3.67. The van der Waals surface area contributed by atoms with E-state index in [0.717, 1.165) is 4.90 Å². The lowest BCUT2D eigenvalue weighted by molar-refractivity contribution is 0.0642. The van der Waals surface area contributed by atoms with Crippen LogP contribution in [0, 0.1) is 0 Å². The number of fused-ring (bicyclic) bond motifs is 2. The highest BCUT2D eigenvalue weighted by molar-refractivity contribution is 7.15. The van der Waals surface area contributed by atoms with Crippen LogP contribution in [0.1, 0.15) is 25.7 Å². The van der Waals surface area contributed by atoms with E-state index in [1.807, 2.05) is 24.3 Å². The third-order valence-electron chi connectivity index (χ3n) is 4.39. The second kappa shape index (κ2) is 6.87. The van der Waals surface area contributed by atoms with E-state index in [4.69, 9.17) is 11.6 Å². The summed E-state index contributed by atoms with van der Waals surface area (Å²) < 4.78 is 0. The van der Waals surface area contributed by atoms with Crippen molar-refractivity contribution in [2.75, 3.05) is 5.32 Å². The molecule has 8 nitrogen and oxygen atoms in total. The number of anilines is 2. The Kier molecular flexibility index (Phi) is 4.18. The highest BCUT2D eigenvalue weighted by Gasteiger charge is 2.35. The van der Waals surface area contributed by atoms with Gasteiger partial charge in [-0.2, -0.15) is 0 Å². The topological polar surface area (TPSA) is 101 Å². The normalized spacial score (nSPS) is 13.2. The van der Waals surface area contributed by atoms with Gasteiger partial charge < -0.3 is 5.32 Å². The van der Waals surface area contributed by atoms with Gasteiger partial charge in [-0.25, -0.2) is 9.97 Å². The maximum Gasteiger partial charge on any atom is 0.261 e. The minimum absolute atomic E-state index is 0.0445. The second-order valence-corrected chi connectivity index (χ2v) is 7.64. The van der Waals surface area contributed by atoms with Crippen molar-refractivity contribution in [2.45, 2.75) is 6.54 Å². The molecule has 0 saturated heterocycles. The zero-order valence-corrected chi connectivity index (χ0v) is 16.2. The lowest BCUT2D eigenvalue weighted by atomic mass is 10.1. The molecule has 0 unspecified atom stereocenters. The summed E-state index contributed by atoms with van der Waals surface area (Å²) in [5.41, 5.74) is 2.18. The molecule has 0 atom stereocenters. The van der Waals surface area contributed by atoms with Crippen molar-refractivity contribution in [3.05, 3.63) is 69.8 Å². The van der Waals surface area contributed by atoms with Crippen LogP contribution < -0.4 is 5.32 Å². The molecule has 1 aliphatic heterocycles. The first kappa shape index (κ1) is 17.7. The molecule has 1 N–H and O–H groups in total. The summed E-state index contributed by atoms with van der Waals surface area (Å²) >= 11 is 7.42. The zero-order chi connectivity index (χ0) is 20.0. The van der Waals surface area contributed by atoms with Gasteiger partial charge in [0.15, 0.2) is 11.0 Å². The number of amides is 2. The summed E-state index contributed by atoms with van der Waals surface area (Å²) in [6.45, 7) is 0.0445. The third kappa shape index (κ3) is 3.10. The van der Waals surface area contributed by atoms with Gasteiger partial charge >= 0.3 is 0 Å². The van der Waals surface area contributed by atoms with Crippen molar-refractivity contribution in [1.29, 1.82) is 0 Å². The number of hydrogen-bond donors (Lipinski definition) is 1. The molecule has 29 heavy (non-hydrogen) atoms. The summed E-state index contributed by atoms with van der Waals surface area (Å²) in [5.74, 6) is -0.314. The number of nitrogens with zero attached hydrogens (tertiary/aromatic N) is 5. The van der Waals surface area contributed by atoms with E-state index in [1.165, 1.54) is 11.3 Å². The van der Waals surface area contributed by atoms with Crippen molar-refractivity contribution in [2.24, 2.45) is 0 Å². The smallest absolute Gasteiger partial charge is 0.261 e. The summed E-state index contributed by atoms with van der Waals surface area (Å²) in [7, 11) is 0. The highest BCUT2D eigenvalue weighted by Crippen LogP contribution is 2.28. The molecule has 10 heteroatoms. The second-order valence-electron chi connectivity index (χ2n) is 6.22. The van der Waals surface area contributed by atoms with E-state index in [0.29, 0.717) is 38.1 Å². The number of carbonyl (C=O) groups is 2. The fourth-order valence-corrected chi connectivity index (χ4v) is 3.95. The van der Waals surface area contributed by atoms with E-state index in [1.54, 1.807) is 24.3 Å². The van der Waals surface area contributed by atoms with E-state index in [9.17, 15) is 9.59 Å². The average Bonchev–Trinajstić information content (AvgIpc) is 3.27. The standard InChI is InChI=1S/C19H11ClN6O2S/c20-15-16(22-13-8-4-3-7-12(13)21-15)23-19-25-24-14(29-19)9-26-17(27)10-5-1-2-6-11(10)18(26)28/h1-8H,9H2,(H,22,23,25). The molecule has 2 amide bonds. The van der Waals surface area contributed by atoms with E-state index < -0.39 is 0 Å². The number of benzene rings is 2. The Bertz CT molecular complexity index is 1260. The Labute approximate surface area is 173 Å². The summed E-state index contributed by atoms with van der Waals surface area (Å²) in [5, 5.41) is 12.3. The van der Waals surface area contributed by atoms with Gasteiger partial charge in [0.2, 0.25) is 5.13 Å². The first-order valence-corrected chi connectivity index (χ1v) is 9.76. The van der Waals surface area contributed by atoms with Gasteiger partial charge in [-0.15, -0.1) is 10.2 Å². The summed E-state index contributed by atoms with van der Waals surface area (Å²) in [6, 6.07) is 14.1. The van der Waals surface area contributed by atoms with Crippen LogP contribution in [0.4, 0.5) is 10.9 Å². The fraction of sp³-hybridized carbons (Fsp3) is 0.0526. The summed E-state index contributed by atoms with van der Waals surface area (Å²) in [6.07, 6.45) is 0. The molecular formula is C19H11ClN6O2S. The molecule has 4 aromatic rings. The monoisotopic (exact) mass is 422 g/mol. The van der Waals surface area contributed by atoms with Crippen LogP contribution in [-0.4, -0.2) is 36.9 Å². The maximum atomic E-state index is 12.5. The van der Waals surface area contributed by atoms with Gasteiger partial charge in [-0.05, 0) is 24.3 Å². The minimum atomic E-state index is -0.334. The zero-order valence-electron chi connectivity index (χ0n) is 14.7. The van der Waals surface area contributed by atoms with Crippen molar-refractivity contribution in [1.82, 2.24) is 25.1 Å². The molecular weight excluding hydrogens is 412 g/mol. The Morgan fingerprint density at radius 1 is 0.897 bits per heavy atom. The van der Waals surface area contributed by atoms with Crippen LogP contribution in [-0.2, 0) is 6.54 Å². The number of rotatable bonds is 4. The first-order chi connectivity index (χ1) is 14.1. The molecule has 0 bridgehead atoms. The van der Waals surface area contributed by atoms with Gasteiger partial charge in [0.05, 0.1) is 28.7 Å². The Morgan fingerprint density at radius 3 is 2.21 bits per heavy atom. The molecule has 142 valence electrons. The van der Waals surface area contributed by atoms with Gasteiger partial charge in [0, 0.05) is 0 Å².